The zero-order valence-electron chi connectivity index (χ0n) is 12.9. The van der Waals surface area contributed by atoms with E-state index in [1.54, 1.807) is 0 Å². The van der Waals surface area contributed by atoms with E-state index < -0.39 is 4.92 Å². The molecule has 0 saturated heterocycles. The Kier molecular flexibility index (Phi) is 8.51. The summed E-state index contributed by atoms with van der Waals surface area (Å²) in [6.07, 6.45) is 8.27. The number of hydrogen-bond acceptors (Lipinski definition) is 3. The van der Waals surface area contributed by atoms with E-state index in [0.717, 1.165) is 12.8 Å². The Hall–Kier alpha value is -1.62. The lowest BCUT2D eigenvalue weighted by Crippen LogP contribution is -2.24. The number of halogens is 1. The van der Waals surface area contributed by atoms with Crippen molar-refractivity contribution in [2.24, 2.45) is 0 Å². The zero-order chi connectivity index (χ0) is 16.4. The monoisotopic (exact) mass is 326 g/mol. The average molecular weight is 327 g/mol. The predicted octanol–water partition coefficient (Wildman–Crippen LogP) is 4.73. The van der Waals surface area contributed by atoms with Crippen molar-refractivity contribution >= 4 is 23.2 Å². The topological polar surface area (TPSA) is 72.2 Å². The van der Waals surface area contributed by atoms with Gasteiger partial charge in [-0.15, -0.1) is 0 Å². The van der Waals surface area contributed by atoms with Gasteiger partial charge in [0, 0.05) is 18.7 Å². The normalized spacial score (nSPS) is 10.5. The third-order valence-electron chi connectivity index (χ3n) is 3.47. The third-order valence-corrected chi connectivity index (χ3v) is 3.79. The molecule has 0 unspecified atom stereocenters. The first-order chi connectivity index (χ1) is 10.6. The van der Waals surface area contributed by atoms with E-state index in [9.17, 15) is 14.9 Å². The molecule has 22 heavy (non-hydrogen) atoms. The molecule has 1 aromatic carbocycles. The molecule has 0 aromatic heterocycles. The number of unbranched alkanes of at least 4 members (excludes halogenated alkanes) is 6. The molecule has 6 heteroatoms. The van der Waals surface area contributed by atoms with Crippen LogP contribution in [0.1, 0.15) is 62.2 Å². The van der Waals surface area contributed by atoms with Gasteiger partial charge < -0.3 is 5.32 Å². The molecular weight excluding hydrogens is 304 g/mol. The minimum atomic E-state index is -0.536. The summed E-state index contributed by atoms with van der Waals surface area (Å²) in [5, 5.41) is 13.5. The molecule has 0 aliphatic heterocycles. The van der Waals surface area contributed by atoms with Crippen LogP contribution in [-0.2, 0) is 0 Å². The van der Waals surface area contributed by atoms with Gasteiger partial charge in [-0.2, -0.15) is 0 Å². The first-order valence-corrected chi connectivity index (χ1v) is 8.16. The second-order valence-electron chi connectivity index (χ2n) is 5.30. The van der Waals surface area contributed by atoms with E-state index in [-0.39, 0.29) is 22.2 Å². The van der Waals surface area contributed by atoms with Crippen LogP contribution in [0.15, 0.2) is 18.2 Å². The maximum absolute atomic E-state index is 12.0. The summed E-state index contributed by atoms with van der Waals surface area (Å²) in [7, 11) is 0. The molecule has 1 amide bonds. The zero-order valence-corrected chi connectivity index (χ0v) is 13.7. The molecular formula is C16H23ClN2O3. The van der Waals surface area contributed by atoms with Crippen molar-refractivity contribution in [2.45, 2.75) is 51.9 Å². The number of hydrogen-bond donors (Lipinski definition) is 1. The Morgan fingerprint density at radius 2 is 1.82 bits per heavy atom. The number of nitro benzene ring substituents is 1. The van der Waals surface area contributed by atoms with Gasteiger partial charge in [0.1, 0.15) is 0 Å². The molecule has 0 bridgehead atoms. The molecule has 1 aromatic rings. The van der Waals surface area contributed by atoms with Crippen LogP contribution in [0.2, 0.25) is 5.02 Å². The van der Waals surface area contributed by atoms with Crippen molar-refractivity contribution in [1.29, 1.82) is 0 Å². The second kappa shape index (κ2) is 10.2. The largest absolute Gasteiger partial charge is 0.352 e. The summed E-state index contributed by atoms with van der Waals surface area (Å²) >= 11 is 5.91. The number of non-ortho nitro benzene ring substituents is 1. The Bertz CT molecular complexity index is 506. The minimum Gasteiger partial charge on any atom is -0.352 e. The molecule has 0 heterocycles. The number of amides is 1. The van der Waals surface area contributed by atoms with Gasteiger partial charge in [0.15, 0.2) is 0 Å². The fraction of sp³-hybridized carbons (Fsp3) is 0.562. The number of benzene rings is 1. The molecule has 0 fully saturated rings. The van der Waals surface area contributed by atoms with E-state index in [0.29, 0.717) is 6.54 Å². The van der Waals surface area contributed by atoms with Crippen LogP contribution in [0.3, 0.4) is 0 Å². The summed E-state index contributed by atoms with van der Waals surface area (Å²) in [6.45, 7) is 2.79. The van der Waals surface area contributed by atoms with Crippen LogP contribution in [0.5, 0.6) is 0 Å². The van der Waals surface area contributed by atoms with Crippen LogP contribution >= 0.6 is 11.6 Å². The van der Waals surface area contributed by atoms with Crippen molar-refractivity contribution in [1.82, 2.24) is 5.32 Å². The molecule has 0 radical (unpaired) electrons. The highest BCUT2D eigenvalue weighted by Crippen LogP contribution is 2.22. The van der Waals surface area contributed by atoms with Gasteiger partial charge >= 0.3 is 0 Å². The quantitative estimate of drug-likeness (QED) is 0.384. The number of nitrogens with one attached hydrogen (secondary N) is 1. The molecule has 0 atom stereocenters. The summed E-state index contributed by atoms with van der Waals surface area (Å²) in [5.74, 6) is -0.286. The third kappa shape index (κ3) is 6.43. The maximum atomic E-state index is 12.0. The Morgan fingerprint density at radius 1 is 1.18 bits per heavy atom. The lowest BCUT2D eigenvalue weighted by atomic mass is 10.1. The number of nitrogens with zero attached hydrogens (tertiary/aromatic N) is 1. The van der Waals surface area contributed by atoms with Gasteiger partial charge in [-0.05, 0) is 12.5 Å². The van der Waals surface area contributed by atoms with Gasteiger partial charge in [-0.3, -0.25) is 14.9 Å². The van der Waals surface area contributed by atoms with E-state index in [2.05, 4.69) is 12.2 Å². The highest BCUT2D eigenvalue weighted by Gasteiger charge is 2.14. The van der Waals surface area contributed by atoms with E-state index in [4.69, 9.17) is 11.6 Å². The maximum Gasteiger partial charge on any atom is 0.270 e. The standard InChI is InChI=1S/C16H23ClN2O3/c1-2-3-4-5-6-7-8-11-18-16(20)14-10-9-13(19(21)22)12-15(14)17/h9-10,12H,2-8,11H2,1H3,(H,18,20). The van der Waals surface area contributed by atoms with Crippen molar-refractivity contribution < 1.29 is 9.72 Å². The van der Waals surface area contributed by atoms with Crippen LogP contribution in [0, 0.1) is 10.1 Å². The minimum absolute atomic E-state index is 0.103. The van der Waals surface area contributed by atoms with Gasteiger partial charge in [0.25, 0.3) is 11.6 Å². The Labute approximate surface area is 136 Å². The average Bonchev–Trinajstić information content (AvgIpc) is 2.49. The van der Waals surface area contributed by atoms with Crippen molar-refractivity contribution in [3.63, 3.8) is 0 Å². The molecule has 5 nitrogen and oxygen atoms in total. The van der Waals surface area contributed by atoms with E-state index in [1.165, 1.54) is 50.3 Å². The van der Waals surface area contributed by atoms with Gasteiger partial charge in [-0.1, -0.05) is 57.0 Å². The highest BCUT2D eigenvalue weighted by atomic mass is 35.5. The van der Waals surface area contributed by atoms with Crippen molar-refractivity contribution in [3.8, 4) is 0 Å². The first-order valence-electron chi connectivity index (χ1n) is 7.78. The van der Waals surface area contributed by atoms with Crippen molar-refractivity contribution in [3.05, 3.63) is 38.9 Å². The Balaban J connectivity index is 2.29. The van der Waals surface area contributed by atoms with Crippen LogP contribution in [0.25, 0.3) is 0 Å². The lowest BCUT2D eigenvalue weighted by molar-refractivity contribution is -0.384. The smallest absolute Gasteiger partial charge is 0.270 e. The number of carbonyl (C=O) groups is 1. The van der Waals surface area contributed by atoms with Gasteiger partial charge in [0.05, 0.1) is 15.5 Å². The Morgan fingerprint density at radius 3 is 2.41 bits per heavy atom. The predicted molar refractivity (Wildman–Crippen MR) is 88.4 cm³/mol. The molecule has 0 saturated carbocycles. The van der Waals surface area contributed by atoms with E-state index >= 15 is 0 Å². The number of nitro groups is 1. The van der Waals surface area contributed by atoms with Crippen LogP contribution < -0.4 is 5.32 Å². The second-order valence-corrected chi connectivity index (χ2v) is 5.71. The fourth-order valence-electron chi connectivity index (χ4n) is 2.18. The SMILES string of the molecule is CCCCCCCCCNC(=O)c1ccc([N+](=O)[O-])cc1Cl. The number of rotatable bonds is 10. The summed E-state index contributed by atoms with van der Waals surface area (Å²) in [5.41, 5.74) is 0.156. The molecule has 0 aliphatic rings. The fourth-order valence-corrected chi connectivity index (χ4v) is 2.44. The molecule has 0 aliphatic carbocycles. The molecule has 1 rings (SSSR count). The highest BCUT2D eigenvalue weighted by molar-refractivity contribution is 6.34. The van der Waals surface area contributed by atoms with E-state index in [1.807, 2.05) is 0 Å². The molecule has 0 spiro atoms. The van der Waals surface area contributed by atoms with Gasteiger partial charge in [0.2, 0.25) is 0 Å². The van der Waals surface area contributed by atoms with Crippen LogP contribution in [-0.4, -0.2) is 17.4 Å². The summed E-state index contributed by atoms with van der Waals surface area (Å²) in [4.78, 5) is 22.0. The summed E-state index contributed by atoms with van der Waals surface area (Å²) < 4.78 is 0. The number of carbonyl (C=O) groups excluding carboxylic acids is 1. The molecule has 1 N–H and O–H groups in total. The lowest BCUT2D eigenvalue weighted by Gasteiger charge is -2.07. The summed E-state index contributed by atoms with van der Waals surface area (Å²) in [6, 6.07) is 3.87. The first kappa shape index (κ1) is 18.4. The van der Waals surface area contributed by atoms with Crippen molar-refractivity contribution in [2.75, 3.05) is 6.54 Å². The van der Waals surface area contributed by atoms with Crippen LogP contribution in [0.4, 0.5) is 5.69 Å². The van der Waals surface area contributed by atoms with Gasteiger partial charge in [-0.25, -0.2) is 0 Å². The molecule has 122 valence electrons.